The smallest absolute Gasteiger partial charge is 0.191 e. The lowest BCUT2D eigenvalue weighted by molar-refractivity contribution is 0.224. The number of benzene rings is 1. The van der Waals surface area contributed by atoms with Gasteiger partial charge in [0.25, 0.3) is 0 Å². The normalized spacial score (nSPS) is 12.3. The fraction of sp³-hybridized carbons (Fsp3) is 0.444. The molecule has 138 valence electrons. The van der Waals surface area contributed by atoms with Crippen LogP contribution in [-0.4, -0.2) is 30.6 Å². The van der Waals surface area contributed by atoms with E-state index in [-0.39, 0.29) is 30.1 Å². The molecule has 1 atom stereocenters. The Labute approximate surface area is 171 Å². The van der Waals surface area contributed by atoms with Crippen LogP contribution in [0.2, 0.25) is 0 Å². The van der Waals surface area contributed by atoms with Gasteiger partial charge in [-0.25, -0.2) is 4.98 Å². The molecule has 1 heterocycles. The lowest BCUT2D eigenvalue weighted by Gasteiger charge is -2.17. The van der Waals surface area contributed by atoms with E-state index in [4.69, 9.17) is 4.74 Å². The highest BCUT2D eigenvalue weighted by Crippen LogP contribution is 2.16. The van der Waals surface area contributed by atoms with E-state index in [1.54, 1.807) is 18.4 Å². The molecule has 0 radical (unpaired) electrons. The van der Waals surface area contributed by atoms with E-state index in [9.17, 15) is 0 Å². The molecular weight excluding hydrogens is 447 g/mol. The molecule has 0 saturated carbocycles. The minimum absolute atomic E-state index is 0. The molecule has 1 aromatic heterocycles. The van der Waals surface area contributed by atoms with Crippen LogP contribution in [0.5, 0.6) is 5.75 Å². The van der Waals surface area contributed by atoms with Gasteiger partial charge in [-0.2, -0.15) is 0 Å². The maximum atomic E-state index is 5.90. The van der Waals surface area contributed by atoms with Crippen LogP contribution in [0.3, 0.4) is 0 Å². The van der Waals surface area contributed by atoms with Gasteiger partial charge >= 0.3 is 0 Å². The Bertz CT molecular complexity index is 685. The third-order valence-corrected chi connectivity index (χ3v) is 4.63. The van der Waals surface area contributed by atoms with Crippen molar-refractivity contribution in [3.8, 4) is 5.75 Å². The van der Waals surface area contributed by atoms with Crippen LogP contribution in [-0.2, 0) is 6.54 Å². The van der Waals surface area contributed by atoms with Crippen molar-refractivity contribution >= 4 is 41.3 Å². The fourth-order valence-corrected chi connectivity index (χ4v) is 3.13. The van der Waals surface area contributed by atoms with E-state index < -0.39 is 0 Å². The van der Waals surface area contributed by atoms with E-state index in [1.807, 2.05) is 32.9 Å². The molecule has 7 heteroatoms. The zero-order valence-corrected chi connectivity index (χ0v) is 18.6. The van der Waals surface area contributed by atoms with Gasteiger partial charge in [0.05, 0.1) is 23.8 Å². The summed E-state index contributed by atoms with van der Waals surface area (Å²) in [5, 5.41) is 7.71. The van der Waals surface area contributed by atoms with Crippen molar-refractivity contribution in [3.63, 3.8) is 0 Å². The number of rotatable bonds is 6. The number of guanidine groups is 1. The molecule has 0 bridgehead atoms. The summed E-state index contributed by atoms with van der Waals surface area (Å²) in [7, 11) is 1.77. The van der Waals surface area contributed by atoms with Gasteiger partial charge in [-0.15, -0.1) is 35.3 Å². The molecule has 0 aliphatic rings. The summed E-state index contributed by atoms with van der Waals surface area (Å²) < 4.78 is 5.90. The molecule has 2 aromatic rings. The quantitative estimate of drug-likeness (QED) is 0.380. The van der Waals surface area contributed by atoms with Gasteiger partial charge in [-0.05, 0) is 39.8 Å². The molecule has 5 nitrogen and oxygen atoms in total. The van der Waals surface area contributed by atoms with E-state index in [2.05, 4.69) is 39.7 Å². The van der Waals surface area contributed by atoms with Crippen molar-refractivity contribution in [3.05, 3.63) is 45.4 Å². The Morgan fingerprint density at radius 1 is 1.20 bits per heavy atom. The minimum Gasteiger partial charge on any atom is -0.489 e. The van der Waals surface area contributed by atoms with Crippen LogP contribution in [0.15, 0.2) is 29.3 Å². The monoisotopic (exact) mass is 474 g/mol. The van der Waals surface area contributed by atoms with Crippen molar-refractivity contribution in [2.45, 2.75) is 40.3 Å². The highest BCUT2D eigenvalue weighted by atomic mass is 127. The average Bonchev–Trinajstić information content (AvgIpc) is 2.87. The summed E-state index contributed by atoms with van der Waals surface area (Å²) in [5.41, 5.74) is 2.31. The maximum absolute atomic E-state index is 5.90. The third-order valence-electron chi connectivity index (χ3n) is 3.55. The summed E-state index contributed by atoms with van der Waals surface area (Å²) in [5.74, 6) is 1.65. The average molecular weight is 474 g/mol. The standard InChI is InChI=1S/C18H26N4OS.HI/c1-12-6-8-16(9-7-12)23-13(2)10-20-18(19-5)21-11-17-14(3)22-15(4)24-17;/h6-9,13H,10-11H2,1-5H3,(H2,19,20,21);1H. The first-order valence-corrected chi connectivity index (χ1v) is 8.90. The SMILES string of the molecule is CN=C(NCc1sc(C)nc1C)NCC(C)Oc1ccc(C)cc1.I. The molecule has 0 fully saturated rings. The summed E-state index contributed by atoms with van der Waals surface area (Å²) in [4.78, 5) is 9.93. The highest BCUT2D eigenvalue weighted by Gasteiger charge is 2.08. The molecule has 1 aromatic carbocycles. The molecule has 25 heavy (non-hydrogen) atoms. The van der Waals surface area contributed by atoms with E-state index >= 15 is 0 Å². The number of aryl methyl sites for hydroxylation is 3. The van der Waals surface area contributed by atoms with Gasteiger partial charge in [0.2, 0.25) is 0 Å². The van der Waals surface area contributed by atoms with E-state index in [1.165, 1.54) is 10.4 Å². The van der Waals surface area contributed by atoms with Crippen molar-refractivity contribution in [1.29, 1.82) is 0 Å². The maximum Gasteiger partial charge on any atom is 0.191 e. The second kappa shape index (κ2) is 10.6. The number of nitrogens with zero attached hydrogens (tertiary/aromatic N) is 2. The second-order valence-electron chi connectivity index (χ2n) is 5.79. The molecule has 0 saturated heterocycles. The van der Waals surface area contributed by atoms with E-state index in [0.29, 0.717) is 6.54 Å². The van der Waals surface area contributed by atoms with Crippen molar-refractivity contribution in [2.24, 2.45) is 4.99 Å². The number of hydrogen-bond donors (Lipinski definition) is 2. The van der Waals surface area contributed by atoms with Crippen molar-refractivity contribution in [2.75, 3.05) is 13.6 Å². The Morgan fingerprint density at radius 3 is 2.44 bits per heavy atom. The largest absolute Gasteiger partial charge is 0.489 e. The van der Waals surface area contributed by atoms with Gasteiger partial charge in [0, 0.05) is 11.9 Å². The lowest BCUT2D eigenvalue weighted by Crippen LogP contribution is -2.41. The zero-order valence-electron chi connectivity index (χ0n) is 15.4. The second-order valence-corrected chi connectivity index (χ2v) is 7.08. The molecule has 2 N–H and O–H groups in total. The summed E-state index contributed by atoms with van der Waals surface area (Å²) in [6, 6.07) is 8.09. The van der Waals surface area contributed by atoms with Gasteiger partial charge in [0.1, 0.15) is 11.9 Å². The number of thiazole rings is 1. The number of ether oxygens (including phenoxy) is 1. The van der Waals surface area contributed by atoms with Crippen LogP contribution in [0.4, 0.5) is 0 Å². The van der Waals surface area contributed by atoms with Gasteiger partial charge < -0.3 is 15.4 Å². The van der Waals surface area contributed by atoms with Gasteiger partial charge in [0.15, 0.2) is 5.96 Å². The topological polar surface area (TPSA) is 58.5 Å². The third kappa shape index (κ3) is 7.19. The Balaban J connectivity index is 0.00000312. The molecular formula is C18H27IN4OS. The van der Waals surface area contributed by atoms with Crippen LogP contribution in [0.1, 0.15) is 28.1 Å². The van der Waals surface area contributed by atoms with Gasteiger partial charge in [-0.1, -0.05) is 17.7 Å². The molecule has 0 aliphatic heterocycles. The number of aliphatic imine (C=N–C) groups is 1. The minimum atomic E-state index is 0. The van der Waals surface area contributed by atoms with E-state index in [0.717, 1.165) is 29.0 Å². The fourth-order valence-electron chi connectivity index (χ4n) is 2.25. The summed E-state index contributed by atoms with van der Waals surface area (Å²) in [6.45, 7) is 9.57. The first-order valence-electron chi connectivity index (χ1n) is 8.08. The number of nitrogens with one attached hydrogen (secondary N) is 2. The molecule has 0 spiro atoms. The first-order chi connectivity index (χ1) is 11.5. The predicted octanol–water partition coefficient (Wildman–Crippen LogP) is 3.82. The van der Waals surface area contributed by atoms with Crippen molar-refractivity contribution < 1.29 is 4.74 Å². The van der Waals surface area contributed by atoms with Crippen LogP contribution in [0, 0.1) is 20.8 Å². The lowest BCUT2D eigenvalue weighted by atomic mass is 10.2. The molecule has 0 aliphatic carbocycles. The zero-order chi connectivity index (χ0) is 17.5. The Hall–Kier alpha value is -1.35. The number of halogens is 1. The highest BCUT2D eigenvalue weighted by molar-refractivity contribution is 14.0. The van der Waals surface area contributed by atoms with Crippen LogP contribution >= 0.6 is 35.3 Å². The summed E-state index contributed by atoms with van der Waals surface area (Å²) >= 11 is 1.71. The molecule has 0 amide bonds. The number of aromatic nitrogens is 1. The van der Waals surface area contributed by atoms with Crippen molar-refractivity contribution in [1.82, 2.24) is 15.6 Å². The molecule has 2 rings (SSSR count). The van der Waals surface area contributed by atoms with Crippen LogP contribution < -0.4 is 15.4 Å². The molecule has 1 unspecified atom stereocenters. The van der Waals surface area contributed by atoms with Crippen LogP contribution in [0.25, 0.3) is 0 Å². The first kappa shape index (κ1) is 21.7. The Morgan fingerprint density at radius 2 is 1.88 bits per heavy atom. The van der Waals surface area contributed by atoms with Gasteiger partial charge in [-0.3, -0.25) is 4.99 Å². The summed E-state index contributed by atoms with van der Waals surface area (Å²) in [6.07, 6.45) is 0.0404. The predicted molar refractivity (Wildman–Crippen MR) is 116 cm³/mol. The Kier molecular flexibility index (Phi) is 9.20. The number of hydrogen-bond acceptors (Lipinski definition) is 4.